The average Bonchev–Trinajstić information content (AvgIpc) is 2.66. The molecule has 1 aliphatic heterocycles. The van der Waals surface area contributed by atoms with Gasteiger partial charge in [0, 0.05) is 25.6 Å². The number of likely N-dealkylation sites (tertiary alicyclic amines) is 1. The van der Waals surface area contributed by atoms with Crippen molar-refractivity contribution in [3.05, 3.63) is 0 Å². The monoisotopic (exact) mass is 239 g/mol. The lowest BCUT2D eigenvalue weighted by Gasteiger charge is -2.38. The zero-order chi connectivity index (χ0) is 12.3. The normalized spacial score (nSPS) is 27.6. The van der Waals surface area contributed by atoms with Gasteiger partial charge >= 0.3 is 0 Å². The van der Waals surface area contributed by atoms with Crippen LogP contribution in [-0.2, 0) is 4.74 Å². The molecule has 0 radical (unpaired) electrons. The number of hydrogen-bond acceptors (Lipinski definition) is 2. The number of nitrogens with two attached hydrogens (primary N) is 1. The van der Waals surface area contributed by atoms with Crippen LogP contribution in [0.1, 0.15) is 39.0 Å². The molecular formula is C13H25N3O. The molecule has 4 nitrogen and oxygen atoms in total. The van der Waals surface area contributed by atoms with Gasteiger partial charge in [-0.15, -0.1) is 0 Å². The predicted molar refractivity (Wildman–Crippen MR) is 69.0 cm³/mol. The maximum atomic E-state index is 7.62. The van der Waals surface area contributed by atoms with Gasteiger partial charge in [0.25, 0.3) is 0 Å². The van der Waals surface area contributed by atoms with Gasteiger partial charge in [-0.05, 0) is 25.2 Å². The smallest absolute Gasteiger partial charge is 0.188 e. The summed E-state index contributed by atoms with van der Waals surface area (Å²) in [6, 6.07) is 0. The van der Waals surface area contributed by atoms with Crippen molar-refractivity contribution < 1.29 is 4.74 Å². The highest BCUT2D eigenvalue weighted by atomic mass is 16.5. The quantitative estimate of drug-likeness (QED) is 0.583. The number of guanidine groups is 1. The van der Waals surface area contributed by atoms with Crippen molar-refractivity contribution in [2.45, 2.75) is 39.0 Å². The second-order valence-corrected chi connectivity index (χ2v) is 5.55. The highest BCUT2D eigenvalue weighted by Crippen LogP contribution is 2.47. The van der Waals surface area contributed by atoms with Crippen LogP contribution in [0.4, 0.5) is 0 Å². The minimum atomic E-state index is 0.231. The highest BCUT2D eigenvalue weighted by molar-refractivity contribution is 5.75. The lowest BCUT2D eigenvalue weighted by atomic mass is 9.68. The van der Waals surface area contributed by atoms with Crippen LogP contribution in [0, 0.1) is 16.7 Å². The minimum Gasteiger partial charge on any atom is -0.381 e. The Kier molecular flexibility index (Phi) is 3.92. The summed E-state index contributed by atoms with van der Waals surface area (Å²) in [6.45, 7) is 5.55. The molecule has 0 aromatic heterocycles. The Labute approximate surface area is 104 Å². The van der Waals surface area contributed by atoms with E-state index in [2.05, 4.69) is 0 Å². The number of nitrogens with zero attached hydrogens (tertiary/aromatic N) is 1. The van der Waals surface area contributed by atoms with E-state index in [4.69, 9.17) is 15.9 Å². The number of ether oxygens (including phenoxy) is 1. The SMILES string of the molecule is CCOC[C@@H]1CN(C(=N)N)CC12CCCCC2. The van der Waals surface area contributed by atoms with E-state index < -0.39 is 0 Å². The number of nitrogens with one attached hydrogen (secondary N) is 1. The fourth-order valence-corrected chi connectivity index (χ4v) is 3.53. The van der Waals surface area contributed by atoms with Gasteiger partial charge < -0.3 is 15.4 Å². The van der Waals surface area contributed by atoms with Crippen molar-refractivity contribution in [2.75, 3.05) is 26.3 Å². The molecule has 1 aliphatic carbocycles. The van der Waals surface area contributed by atoms with E-state index in [1.807, 2.05) is 11.8 Å². The standard InChI is InChI=1S/C13H25N3O/c1-2-17-9-11-8-16(12(14)15)10-13(11)6-4-3-5-7-13/h11H,2-10H2,1H3,(H3,14,15)/t11-/m0/s1. The summed E-state index contributed by atoms with van der Waals surface area (Å²) in [5.41, 5.74) is 6.02. The Balaban J connectivity index is 2.06. The van der Waals surface area contributed by atoms with Crippen LogP contribution < -0.4 is 5.73 Å². The first kappa shape index (κ1) is 12.7. The topological polar surface area (TPSA) is 62.3 Å². The molecule has 1 heterocycles. The molecule has 1 saturated carbocycles. The molecule has 0 amide bonds. The molecule has 2 rings (SSSR count). The van der Waals surface area contributed by atoms with Crippen LogP contribution in [-0.4, -0.2) is 37.2 Å². The molecule has 0 unspecified atom stereocenters. The second kappa shape index (κ2) is 5.25. The van der Waals surface area contributed by atoms with Gasteiger partial charge in [-0.1, -0.05) is 19.3 Å². The van der Waals surface area contributed by atoms with Gasteiger partial charge in [0.05, 0.1) is 6.61 Å². The fraction of sp³-hybridized carbons (Fsp3) is 0.923. The third kappa shape index (κ3) is 2.57. The molecular weight excluding hydrogens is 214 g/mol. The van der Waals surface area contributed by atoms with E-state index in [0.717, 1.165) is 26.3 Å². The van der Waals surface area contributed by atoms with Gasteiger partial charge in [0.1, 0.15) is 0 Å². The summed E-state index contributed by atoms with van der Waals surface area (Å²) in [5.74, 6) is 0.792. The lowest BCUT2D eigenvalue weighted by molar-refractivity contribution is 0.0467. The third-order valence-electron chi connectivity index (χ3n) is 4.53. The molecule has 0 bridgehead atoms. The van der Waals surface area contributed by atoms with Crippen LogP contribution in [0.3, 0.4) is 0 Å². The van der Waals surface area contributed by atoms with E-state index in [9.17, 15) is 0 Å². The Hall–Kier alpha value is -0.770. The van der Waals surface area contributed by atoms with Crippen molar-refractivity contribution in [2.24, 2.45) is 17.1 Å². The van der Waals surface area contributed by atoms with Crippen molar-refractivity contribution in [1.82, 2.24) is 4.90 Å². The third-order valence-corrected chi connectivity index (χ3v) is 4.53. The maximum absolute atomic E-state index is 7.62. The maximum Gasteiger partial charge on any atom is 0.188 e. The zero-order valence-corrected chi connectivity index (χ0v) is 10.9. The first-order chi connectivity index (χ1) is 8.18. The van der Waals surface area contributed by atoms with Gasteiger partial charge in [0.15, 0.2) is 5.96 Å². The molecule has 4 heteroatoms. The van der Waals surface area contributed by atoms with Crippen LogP contribution in [0.5, 0.6) is 0 Å². The van der Waals surface area contributed by atoms with Crippen LogP contribution >= 0.6 is 0 Å². The summed E-state index contributed by atoms with van der Waals surface area (Å²) in [5, 5.41) is 7.62. The Morgan fingerprint density at radius 1 is 1.41 bits per heavy atom. The number of hydrogen-bond donors (Lipinski definition) is 2. The summed E-state index contributed by atoms with van der Waals surface area (Å²) < 4.78 is 5.64. The summed E-state index contributed by atoms with van der Waals surface area (Å²) in [4.78, 5) is 2.04. The predicted octanol–water partition coefficient (Wildman–Crippen LogP) is 1.80. The molecule has 0 aromatic carbocycles. The largest absolute Gasteiger partial charge is 0.381 e. The van der Waals surface area contributed by atoms with Gasteiger partial charge in [-0.25, -0.2) is 0 Å². The van der Waals surface area contributed by atoms with Crippen LogP contribution in [0.25, 0.3) is 0 Å². The molecule has 17 heavy (non-hydrogen) atoms. The summed E-state index contributed by atoms with van der Waals surface area (Å²) in [7, 11) is 0. The molecule has 0 aromatic rings. The van der Waals surface area contributed by atoms with Crippen molar-refractivity contribution in [3.63, 3.8) is 0 Å². The lowest BCUT2D eigenvalue weighted by Crippen LogP contribution is -2.37. The molecule has 1 spiro atoms. The van der Waals surface area contributed by atoms with E-state index >= 15 is 0 Å². The molecule has 2 aliphatic rings. The number of rotatable bonds is 3. The fourth-order valence-electron chi connectivity index (χ4n) is 3.53. The van der Waals surface area contributed by atoms with Gasteiger partial charge in [-0.2, -0.15) is 0 Å². The van der Waals surface area contributed by atoms with Gasteiger partial charge in [0.2, 0.25) is 0 Å². The Morgan fingerprint density at radius 2 is 2.12 bits per heavy atom. The molecule has 1 atom stereocenters. The Morgan fingerprint density at radius 3 is 2.71 bits per heavy atom. The minimum absolute atomic E-state index is 0.231. The molecule has 1 saturated heterocycles. The molecule has 3 N–H and O–H groups in total. The van der Waals surface area contributed by atoms with E-state index in [1.165, 1.54) is 32.1 Å². The summed E-state index contributed by atoms with van der Waals surface area (Å²) in [6.07, 6.45) is 6.59. The Bertz CT molecular complexity index is 274. The summed E-state index contributed by atoms with van der Waals surface area (Å²) >= 11 is 0. The second-order valence-electron chi connectivity index (χ2n) is 5.55. The van der Waals surface area contributed by atoms with Crippen molar-refractivity contribution in [3.8, 4) is 0 Å². The first-order valence-electron chi connectivity index (χ1n) is 6.85. The van der Waals surface area contributed by atoms with Crippen LogP contribution in [0.2, 0.25) is 0 Å². The van der Waals surface area contributed by atoms with E-state index in [-0.39, 0.29) is 5.96 Å². The van der Waals surface area contributed by atoms with Gasteiger partial charge in [-0.3, -0.25) is 5.41 Å². The molecule has 2 fully saturated rings. The van der Waals surface area contributed by atoms with Crippen molar-refractivity contribution in [1.29, 1.82) is 5.41 Å². The van der Waals surface area contributed by atoms with Crippen molar-refractivity contribution >= 4 is 5.96 Å². The average molecular weight is 239 g/mol. The first-order valence-corrected chi connectivity index (χ1v) is 6.85. The van der Waals surface area contributed by atoms with Crippen LogP contribution in [0.15, 0.2) is 0 Å². The molecule has 98 valence electrons. The van der Waals surface area contributed by atoms with E-state index in [0.29, 0.717) is 11.3 Å². The van der Waals surface area contributed by atoms with E-state index in [1.54, 1.807) is 0 Å². The highest BCUT2D eigenvalue weighted by Gasteiger charge is 2.47. The zero-order valence-electron chi connectivity index (χ0n) is 10.9.